The van der Waals surface area contributed by atoms with Gasteiger partial charge < -0.3 is 0 Å². The first-order valence-corrected chi connectivity index (χ1v) is 5.98. The number of alkyl halides is 1. The van der Waals surface area contributed by atoms with Crippen LogP contribution in [-0.2, 0) is 9.53 Å². The van der Waals surface area contributed by atoms with Gasteiger partial charge in [-0.2, -0.15) is 0 Å². The van der Waals surface area contributed by atoms with Crippen molar-refractivity contribution in [1.82, 2.24) is 0 Å². The van der Waals surface area contributed by atoms with Crippen molar-refractivity contribution in [2.45, 2.75) is 4.82 Å². The van der Waals surface area contributed by atoms with Crippen molar-refractivity contribution < 1.29 is 13.9 Å². The van der Waals surface area contributed by atoms with Crippen molar-refractivity contribution in [3.8, 4) is 0 Å². The van der Waals surface area contributed by atoms with Gasteiger partial charge in [-0.25, -0.2) is 0 Å². The molecule has 0 aliphatic carbocycles. The number of ether oxygens (including phenoxy) is 1. The van der Waals surface area contributed by atoms with Gasteiger partial charge in [0.1, 0.15) is 0 Å². The molecule has 0 aromatic heterocycles. The van der Waals surface area contributed by atoms with Gasteiger partial charge in [-0.1, -0.05) is 0 Å². The number of benzene rings is 1. The Morgan fingerprint density at radius 3 is 2.64 bits per heavy atom. The van der Waals surface area contributed by atoms with Crippen molar-refractivity contribution in [3.63, 3.8) is 0 Å². The summed E-state index contributed by atoms with van der Waals surface area (Å²) in [6.45, 7) is -0.651. The summed E-state index contributed by atoms with van der Waals surface area (Å²) in [6.07, 6.45) is 0. The molecule has 0 aliphatic heterocycles. The number of carbonyl (C=O) groups excluding carboxylic acids is 1. The number of esters is 1. The summed E-state index contributed by atoms with van der Waals surface area (Å²) in [4.78, 5) is 10.5. The molecule has 0 radical (unpaired) electrons. The molecule has 1 rings (SSSR count). The second kappa shape index (κ2) is 5.78. The van der Waals surface area contributed by atoms with Gasteiger partial charge in [-0.3, -0.25) is 0 Å². The third kappa shape index (κ3) is 3.13. The van der Waals surface area contributed by atoms with Gasteiger partial charge in [0.25, 0.3) is 0 Å². The fraction of sp³-hybridized carbons (Fsp3) is 0.300. The maximum absolute atomic E-state index is 12.5. The van der Waals surface area contributed by atoms with Crippen LogP contribution in [0.15, 0.2) is 30.3 Å². The van der Waals surface area contributed by atoms with Gasteiger partial charge in [0.15, 0.2) is 0 Å². The molecule has 0 heterocycles. The molecule has 0 saturated heterocycles. The van der Waals surface area contributed by atoms with Crippen LogP contribution < -0.4 is 4.46 Å². The number of halogens is 1. The molecular formula is C10H11FO2Se. The van der Waals surface area contributed by atoms with Crippen LogP contribution in [0, 0.1) is 0 Å². The molecule has 76 valence electrons. The Morgan fingerprint density at radius 2 is 2.14 bits per heavy atom. The van der Waals surface area contributed by atoms with Crippen LogP contribution in [0.5, 0.6) is 0 Å². The van der Waals surface area contributed by atoms with Crippen molar-refractivity contribution in [1.29, 1.82) is 0 Å². The average molecular weight is 261 g/mol. The predicted molar refractivity (Wildman–Crippen MR) is 53.6 cm³/mol. The standard InChI is InChI=1S/C10H11FO2Se/c1-13-10(12)9(7-11)14-8-5-3-2-4-6-8/h2-6,9H,7H2,1H3. The molecule has 0 bridgehead atoms. The van der Waals surface area contributed by atoms with Crippen LogP contribution in [0.25, 0.3) is 0 Å². The van der Waals surface area contributed by atoms with Gasteiger partial charge in [-0.05, 0) is 0 Å². The number of carbonyl (C=O) groups is 1. The second-order valence-electron chi connectivity index (χ2n) is 2.60. The monoisotopic (exact) mass is 262 g/mol. The molecule has 0 N–H and O–H groups in total. The molecule has 1 aromatic rings. The molecule has 2 nitrogen and oxygen atoms in total. The summed E-state index contributed by atoms with van der Waals surface area (Å²) >= 11 is -0.191. The quantitative estimate of drug-likeness (QED) is 0.596. The van der Waals surface area contributed by atoms with E-state index in [0.29, 0.717) is 0 Å². The van der Waals surface area contributed by atoms with Crippen LogP contribution in [-0.4, -0.2) is 34.7 Å². The van der Waals surface area contributed by atoms with E-state index in [-0.39, 0.29) is 15.0 Å². The maximum atomic E-state index is 12.5. The molecule has 1 atom stereocenters. The zero-order valence-corrected chi connectivity index (χ0v) is 9.49. The van der Waals surface area contributed by atoms with Crippen LogP contribution in [0.4, 0.5) is 4.39 Å². The molecular weight excluding hydrogens is 250 g/mol. The van der Waals surface area contributed by atoms with E-state index in [0.717, 1.165) is 4.46 Å². The number of hydrogen-bond acceptors (Lipinski definition) is 2. The number of hydrogen-bond donors (Lipinski definition) is 0. The van der Waals surface area contributed by atoms with E-state index >= 15 is 0 Å². The summed E-state index contributed by atoms with van der Waals surface area (Å²) in [5.41, 5.74) is 0. The topological polar surface area (TPSA) is 26.3 Å². The van der Waals surface area contributed by atoms with E-state index < -0.39 is 17.5 Å². The molecule has 14 heavy (non-hydrogen) atoms. The van der Waals surface area contributed by atoms with Crippen molar-refractivity contribution in [3.05, 3.63) is 30.3 Å². The van der Waals surface area contributed by atoms with Crippen LogP contribution >= 0.6 is 0 Å². The fourth-order valence-corrected chi connectivity index (χ4v) is 2.82. The second-order valence-corrected chi connectivity index (χ2v) is 5.27. The molecule has 0 spiro atoms. The van der Waals surface area contributed by atoms with E-state index in [4.69, 9.17) is 0 Å². The Bertz CT molecular complexity index is 289. The van der Waals surface area contributed by atoms with E-state index in [2.05, 4.69) is 4.74 Å². The molecule has 1 unspecified atom stereocenters. The van der Waals surface area contributed by atoms with Gasteiger partial charge >= 0.3 is 88.2 Å². The Hall–Kier alpha value is -0.861. The Morgan fingerprint density at radius 1 is 1.50 bits per heavy atom. The average Bonchev–Trinajstić information content (AvgIpc) is 2.26. The van der Waals surface area contributed by atoms with E-state index in [1.165, 1.54) is 7.11 Å². The van der Waals surface area contributed by atoms with Crippen LogP contribution in [0.1, 0.15) is 0 Å². The summed E-state index contributed by atoms with van der Waals surface area (Å²) < 4.78 is 18.0. The van der Waals surface area contributed by atoms with E-state index in [1.807, 2.05) is 30.3 Å². The third-order valence-electron chi connectivity index (χ3n) is 1.63. The summed E-state index contributed by atoms with van der Waals surface area (Å²) in [7, 11) is 1.28. The summed E-state index contributed by atoms with van der Waals surface area (Å²) in [5, 5.41) is 0. The molecule has 4 heteroatoms. The molecule has 0 amide bonds. The number of methoxy groups -OCH3 is 1. The summed E-state index contributed by atoms with van der Waals surface area (Å²) in [5.74, 6) is -0.462. The van der Waals surface area contributed by atoms with Gasteiger partial charge in [0, 0.05) is 0 Å². The van der Waals surface area contributed by atoms with Gasteiger partial charge in [0.05, 0.1) is 0 Å². The van der Waals surface area contributed by atoms with E-state index in [9.17, 15) is 9.18 Å². The number of rotatable bonds is 4. The van der Waals surface area contributed by atoms with Crippen LogP contribution in [0.2, 0.25) is 4.82 Å². The molecule has 1 aromatic carbocycles. The SMILES string of the molecule is COC(=O)C(CF)[Se]c1ccccc1. The van der Waals surface area contributed by atoms with E-state index in [1.54, 1.807) is 0 Å². The zero-order valence-electron chi connectivity index (χ0n) is 7.77. The minimum atomic E-state index is -0.651. The van der Waals surface area contributed by atoms with Crippen molar-refractivity contribution in [2.75, 3.05) is 13.8 Å². The molecule has 0 aliphatic rings. The van der Waals surface area contributed by atoms with Crippen molar-refractivity contribution in [2.24, 2.45) is 0 Å². The Kier molecular flexibility index (Phi) is 4.63. The predicted octanol–water partition coefficient (Wildman–Crippen LogP) is 0.947. The van der Waals surface area contributed by atoms with Gasteiger partial charge in [0.2, 0.25) is 0 Å². The first kappa shape index (κ1) is 11.2. The zero-order chi connectivity index (χ0) is 10.4. The normalized spacial score (nSPS) is 12.1. The van der Waals surface area contributed by atoms with Crippen molar-refractivity contribution >= 4 is 25.4 Å². The fourth-order valence-electron chi connectivity index (χ4n) is 0.937. The Labute approximate surface area is 88.6 Å². The minimum absolute atomic E-state index is 0.191. The third-order valence-corrected chi connectivity index (χ3v) is 4.03. The van der Waals surface area contributed by atoms with Gasteiger partial charge in [-0.15, -0.1) is 0 Å². The first-order chi connectivity index (χ1) is 6.77. The van der Waals surface area contributed by atoms with Crippen LogP contribution in [0.3, 0.4) is 0 Å². The molecule has 0 fully saturated rings. The first-order valence-electron chi connectivity index (χ1n) is 4.13. The Balaban J connectivity index is 2.62. The molecule has 0 saturated carbocycles. The summed E-state index contributed by atoms with van der Waals surface area (Å²) in [6, 6.07) is 9.44.